The fraction of sp³-hybridized carbons (Fsp3) is 0.600. The van der Waals surface area contributed by atoms with Gasteiger partial charge in [0.2, 0.25) is 0 Å². The van der Waals surface area contributed by atoms with Gasteiger partial charge in [-0.1, -0.05) is 18.6 Å². The van der Waals surface area contributed by atoms with Crippen LogP contribution in [0.2, 0.25) is 0 Å². The molecule has 100 valence electrons. The second kappa shape index (κ2) is 6.21. The number of aliphatic hydroxyl groups excluding tert-OH is 1. The van der Waals surface area contributed by atoms with Gasteiger partial charge in [-0.2, -0.15) is 0 Å². The molecule has 2 rings (SSSR count). The van der Waals surface area contributed by atoms with Gasteiger partial charge in [0, 0.05) is 17.6 Å². The zero-order valence-corrected chi connectivity index (χ0v) is 11.2. The first-order chi connectivity index (χ1) is 8.70. The van der Waals surface area contributed by atoms with Crippen LogP contribution in [0.1, 0.15) is 44.7 Å². The molecular weight excluding hydrogens is 226 g/mol. The second-order valence-electron chi connectivity index (χ2n) is 5.38. The van der Waals surface area contributed by atoms with Crippen LogP contribution in [0, 0.1) is 5.92 Å². The minimum Gasteiger partial charge on any atom is -0.472 e. The molecule has 1 aromatic heterocycles. The number of piperidine rings is 1. The minimum absolute atomic E-state index is 0.159. The predicted octanol–water partition coefficient (Wildman–Crippen LogP) is 3.04. The van der Waals surface area contributed by atoms with Crippen molar-refractivity contribution >= 4 is 0 Å². The molecule has 0 aliphatic carbocycles. The Hall–Kier alpha value is -1.06. The highest BCUT2D eigenvalue weighted by atomic mass is 16.3. The lowest BCUT2D eigenvalue weighted by molar-refractivity contribution is 0.246. The van der Waals surface area contributed by atoms with E-state index >= 15 is 0 Å². The van der Waals surface area contributed by atoms with Crippen LogP contribution < -0.4 is 5.32 Å². The number of nitrogens with one attached hydrogen (secondary N) is 1. The molecule has 3 heteroatoms. The van der Waals surface area contributed by atoms with E-state index in [1.165, 1.54) is 18.4 Å². The summed E-state index contributed by atoms with van der Waals surface area (Å²) >= 11 is 0. The molecule has 0 bridgehead atoms. The first-order valence-corrected chi connectivity index (χ1v) is 6.75. The molecule has 0 saturated carbocycles. The number of hydrogen-bond acceptors (Lipinski definition) is 3. The smallest absolute Gasteiger partial charge is 0.0950 e. The quantitative estimate of drug-likeness (QED) is 0.806. The van der Waals surface area contributed by atoms with Crippen molar-refractivity contribution in [2.45, 2.75) is 45.2 Å². The minimum atomic E-state index is 0.159. The Morgan fingerprint density at radius 3 is 3.06 bits per heavy atom. The predicted molar refractivity (Wildman–Crippen MR) is 72.2 cm³/mol. The van der Waals surface area contributed by atoms with Gasteiger partial charge in [-0.15, -0.1) is 0 Å². The maximum atomic E-state index is 9.03. The van der Waals surface area contributed by atoms with Gasteiger partial charge in [0.05, 0.1) is 19.1 Å². The van der Waals surface area contributed by atoms with Crippen LogP contribution >= 0.6 is 0 Å². The summed E-state index contributed by atoms with van der Waals surface area (Å²) in [6, 6.07) is 2.94. The third-order valence-corrected chi connectivity index (χ3v) is 3.93. The summed E-state index contributed by atoms with van der Waals surface area (Å²) in [7, 11) is 0. The van der Waals surface area contributed by atoms with Crippen LogP contribution in [0.4, 0.5) is 0 Å². The molecule has 3 atom stereocenters. The van der Waals surface area contributed by atoms with Crippen LogP contribution in [-0.4, -0.2) is 17.8 Å². The van der Waals surface area contributed by atoms with Gasteiger partial charge in [-0.3, -0.25) is 0 Å². The van der Waals surface area contributed by atoms with E-state index in [1.807, 2.05) is 19.3 Å². The van der Waals surface area contributed by atoms with E-state index in [0.29, 0.717) is 18.0 Å². The van der Waals surface area contributed by atoms with Crippen molar-refractivity contribution < 1.29 is 9.52 Å². The third-order valence-electron chi connectivity index (χ3n) is 3.93. The molecule has 3 nitrogen and oxygen atoms in total. The van der Waals surface area contributed by atoms with Crippen LogP contribution in [-0.2, 0) is 0 Å². The largest absolute Gasteiger partial charge is 0.472 e. The highest BCUT2D eigenvalue weighted by molar-refractivity contribution is 5.13. The van der Waals surface area contributed by atoms with Crippen molar-refractivity contribution in [3.63, 3.8) is 0 Å². The topological polar surface area (TPSA) is 45.4 Å². The van der Waals surface area contributed by atoms with E-state index in [2.05, 4.69) is 18.3 Å². The molecule has 1 aliphatic rings. The molecule has 1 aromatic rings. The first kappa shape index (κ1) is 13.4. The normalized spacial score (nSPS) is 29.5. The van der Waals surface area contributed by atoms with Crippen LogP contribution in [0.3, 0.4) is 0 Å². The van der Waals surface area contributed by atoms with Crippen molar-refractivity contribution in [1.29, 1.82) is 0 Å². The van der Waals surface area contributed by atoms with Gasteiger partial charge in [0.25, 0.3) is 0 Å². The lowest BCUT2D eigenvalue weighted by atomic mass is 9.85. The van der Waals surface area contributed by atoms with Crippen LogP contribution in [0.5, 0.6) is 0 Å². The highest BCUT2D eigenvalue weighted by Gasteiger charge is 2.27. The van der Waals surface area contributed by atoms with Crippen LogP contribution in [0.25, 0.3) is 0 Å². The summed E-state index contributed by atoms with van der Waals surface area (Å²) in [5.74, 6) is 0.677. The zero-order valence-electron chi connectivity index (χ0n) is 11.2. The Kier molecular flexibility index (Phi) is 4.61. The molecular formula is C15H23NO2. The summed E-state index contributed by atoms with van der Waals surface area (Å²) in [6.07, 6.45) is 9.10. The van der Waals surface area contributed by atoms with E-state index in [1.54, 1.807) is 6.26 Å². The molecule has 1 saturated heterocycles. The Morgan fingerprint density at radius 1 is 1.56 bits per heavy atom. The standard InChI is InChI=1S/C15H23NO2/c1-11(9-17)3-5-14-12(2)4-6-15(16-14)13-7-8-18-10-13/h3,7-8,10,12,14-17H,4-6,9H2,1-2H3/b11-3+. The summed E-state index contributed by atoms with van der Waals surface area (Å²) in [5, 5.41) is 12.7. The average molecular weight is 249 g/mol. The number of aliphatic hydroxyl groups is 1. The van der Waals surface area contributed by atoms with Crippen molar-refractivity contribution in [2.75, 3.05) is 6.61 Å². The van der Waals surface area contributed by atoms with Gasteiger partial charge in [-0.25, -0.2) is 0 Å². The van der Waals surface area contributed by atoms with E-state index in [9.17, 15) is 0 Å². The fourth-order valence-electron chi connectivity index (χ4n) is 2.57. The van der Waals surface area contributed by atoms with Gasteiger partial charge < -0.3 is 14.8 Å². The SMILES string of the molecule is C/C(=C\CC1NC(c2ccoc2)CCC1C)CO. The lowest BCUT2D eigenvalue weighted by Crippen LogP contribution is -2.41. The maximum Gasteiger partial charge on any atom is 0.0950 e. The average Bonchev–Trinajstić information content (AvgIpc) is 2.91. The van der Waals surface area contributed by atoms with E-state index in [4.69, 9.17) is 9.52 Å². The molecule has 0 spiro atoms. The van der Waals surface area contributed by atoms with Crippen molar-refractivity contribution in [3.8, 4) is 0 Å². The molecule has 1 fully saturated rings. The lowest BCUT2D eigenvalue weighted by Gasteiger charge is -2.35. The molecule has 2 heterocycles. The van der Waals surface area contributed by atoms with Crippen molar-refractivity contribution in [1.82, 2.24) is 5.32 Å². The number of hydrogen-bond donors (Lipinski definition) is 2. The Labute approximate surface area is 109 Å². The molecule has 2 N–H and O–H groups in total. The molecule has 18 heavy (non-hydrogen) atoms. The summed E-state index contributed by atoms with van der Waals surface area (Å²) < 4.78 is 5.16. The molecule has 0 aromatic carbocycles. The van der Waals surface area contributed by atoms with Gasteiger partial charge in [0.1, 0.15) is 0 Å². The van der Waals surface area contributed by atoms with Crippen molar-refractivity contribution in [2.24, 2.45) is 5.92 Å². The second-order valence-corrected chi connectivity index (χ2v) is 5.38. The first-order valence-electron chi connectivity index (χ1n) is 6.75. The molecule has 3 unspecified atom stereocenters. The Bertz CT molecular complexity index is 383. The fourth-order valence-corrected chi connectivity index (χ4v) is 2.57. The zero-order chi connectivity index (χ0) is 13.0. The van der Waals surface area contributed by atoms with Gasteiger partial charge >= 0.3 is 0 Å². The summed E-state index contributed by atoms with van der Waals surface area (Å²) in [5.41, 5.74) is 2.30. The third kappa shape index (κ3) is 3.24. The number of furan rings is 1. The molecule has 0 radical (unpaired) electrons. The van der Waals surface area contributed by atoms with Gasteiger partial charge in [-0.05, 0) is 38.2 Å². The Morgan fingerprint density at radius 2 is 2.39 bits per heavy atom. The maximum absolute atomic E-state index is 9.03. The Balaban J connectivity index is 1.97. The monoisotopic (exact) mass is 249 g/mol. The van der Waals surface area contributed by atoms with E-state index < -0.39 is 0 Å². The molecule has 1 aliphatic heterocycles. The number of rotatable bonds is 4. The van der Waals surface area contributed by atoms with Gasteiger partial charge in [0.15, 0.2) is 0 Å². The molecule has 0 amide bonds. The highest BCUT2D eigenvalue weighted by Crippen LogP contribution is 2.30. The van der Waals surface area contributed by atoms with E-state index in [-0.39, 0.29) is 6.61 Å². The summed E-state index contributed by atoms with van der Waals surface area (Å²) in [6.45, 7) is 4.43. The van der Waals surface area contributed by atoms with E-state index in [0.717, 1.165) is 12.0 Å². The van der Waals surface area contributed by atoms with Crippen LogP contribution in [0.15, 0.2) is 34.7 Å². The van der Waals surface area contributed by atoms with Crippen molar-refractivity contribution in [3.05, 3.63) is 35.8 Å². The summed E-state index contributed by atoms with van der Waals surface area (Å²) in [4.78, 5) is 0.